The highest BCUT2D eigenvalue weighted by molar-refractivity contribution is 5.92. The van der Waals surface area contributed by atoms with Crippen molar-refractivity contribution in [1.82, 2.24) is 9.99 Å². The van der Waals surface area contributed by atoms with Gasteiger partial charge >= 0.3 is 0 Å². The third-order valence-corrected chi connectivity index (χ3v) is 2.67. The molecule has 4 nitrogen and oxygen atoms in total. The molecule has 0 fully saturated rings. The van der Waals surface area contributed by atoms with Crippen molar-refractivity contribution < 1.29 is 4.79 Å². The van der Waals surface area contributed by atoms with Crippen molar-refractivity contribution in [3.63, 3.8) is 0 Å². The molecule has 0 aliphatic heterocycles. The van der Waals surface area contributed by atoms with Crippen LogP contribution in [0, 0.1) is 0 Å². The van der Waals surface area contributed by atoms with Gasteiger partial charge in [0.1, 0.15) is 5.69 Å². The summed E-state index contributed by atoms with van der Waals surface area (Å²) >= 11 is 0. The average Bonchev–Trinajstić information content (AvgIpc) is 2.68. The van der Waals surface area contributed by atoms with Crippen molar-refractivity contribution >= 4 is 5.91 Å². The number of carbonyl (C=O) groups is 1. The number of aryl methyl sites for hydroxylation is 1. The van der Waals surface area contributed by atoms with Crippen LogP contribution in [0.3, 0.4) is 0 Å². The van der Waals surface area contributed by atoms with Gasteiger partial charge in [-0.1, -0.05) is 13.3 Å². The third kappa shape index (κ3) is 2.64. The van der Waals surface area contributed by atoms with E-state index in [0.717, 1.165) is 19.3 Å². The van der Waals surface area contributed by atoms with Crippen LogP contribution < -0.4 is 11.3 Å². The van der Waals surface area contributed by atoms with Gasteiger partial charge in [-0.05, 0) is 38.8 Å². The Morgan fingerprint density at radius 1 is 1.50 bits per heavy atom. The topological polar surface area (TPSA) is 60.1 Å². The molecule has 90 valence electrons. The van der Waals surface area contributed by atoms with E-state index in [9.17, 15) is 4.79 Å². The predicted octanol–water partition coefficient (Wildman–Crippen LogP) is 2.02. The highest BCUT2D eigenvalue weighted by Crippen LogP contribution is 2.18. The number of nitrogen functional groups attached to an aromatic ring is 1. The minimum Gasteiger partial charge on any atom is -0.338 e. The number of amides is 1. The predicted molar refractivity (Wildman–Crippen MR) is 65.1 cm³/mol. The SMILES string of the molecule is CCCCc1ccc(C(=O)NN)n1C(C)C. The maximum atomic E-state index is 11.6. The van der Waals surface area contributed by atoms with E-state index in [0.29, 0.717) is 5.69 Å². The zero-order valence-electron chi connectivity index (χ0n) is 10.3. The Labute approximate surface area is 96.8 Å². The summed E-state index contributed by atoms with van der Waals surface area (Å²) in [5.74, 6) is 4.94. The molecule has 0 saturated carbocycles. The van der Waals surface area contributed by atoms with Gasteiger partial charge < -0.3 is 4.57 Å². The first-order valence-corrected chi connectivity index (χ1v) is 5.82. The number of hydrazine groups is 1. The summed E-state index contributed by atoms with van der Waals surface area (Å²) in [6, 6.07) is 4.13. The number of nitrogens with one attached hydrogen (secondary N) is 1. The lowest BCUT2D eigenvalue weighted by atomic mass is 10.2. The van der Waals surface area contributed by atoms with E-state index in [2.05, 4.69) is 30.8 Å². The number of hydrogen-bond acceptors (Lipinski definition) is 2. The van der Waals surface area contributed by atoms with Gasteiger partial charge in [-0.15, -0.1) is 0 Å². The molecule has 0 aromatic carbocycles. The quantitative estimate of drug-likeness (QED) is 0.456. The highest BCUT2D eigenvalue weighted by Gasteiger charge is 2.15. The molecule has 3 N–H and O–H groups in total. The van der Waals surface area contributed by atoms with Crippen molar-refractivity contribution in [2.45, 2.75) is 46.1 Å². The first-order valence-electron chi connectivity index (χ1n) is 5.82. The summed E-state index contributed by atoms with van der Waals surface area (Å²) in [6.45, 7) is 6.31. The largest absolute Gasteiger partial charge is 0.338 e. The van der Waals surface area contributed by atoms with Crippen LogP contribution in [0.5, 0.6) is 0 Å². The van der Waals surface area contributed by atoms with Gasteiger partial charge in [0.15, 0.2) is 0 Å². The van der Waals surface area contributed by atoms with Crippen LogP contribution in [-0.4, -0.2) is 10.5 Å². The molecule has 0 radical (unpaired) electrons. The van der Waals surface area contributed by atoms with E-state index in [4.69, 9.17) is 5.84 Å². The normalized spacial score (nSPS) is 10.8. The molecule has 0 saturated heterocycles. The van der Waals surface area contributed by atoms with Crippen molar-refractivity contribution in [2.24, 2.45) is 5.84 Å². The van der Waals surface area contributed by atoms with Gasteiger partial charge in [0, 0.05) is 11.7 Å². The van der Waals surface area contributed by atoms with Crippen molar-refractivity contribution in [2.75, 3.05) is 0 Å². The highest BCUT2D eigenvalue weighted by atomic mass is 16.2. The van der Waals surface area contributed by atoms with E-state index in [1.165, 1.54) is 5.69 Å². The smallest absolute Gasteiger partial charge is 0.281 e. The van der Waals surface area contributed by atoms with Gasteiger partial charge in [-0.3, -0.25) is 10.2 Å². The van der Waals surface area contributed by atoms with Crippen LogP contribution in [0.1, 0.15) is 55.8 Å². The molecule has 4 heteroatoms. The second-order valence-electron chi connectivity index (χ2n) is 4.25. The maximum absolute atomic E-state index is 11.6. The van der Waals surface area contributed by atoms with Gasteiger partial charge in [0.25, 0.3) is 5.91 Å². The number of carbonyl (C=O) groups excluding carboxylic acids is 1. The molecule has 0 atom stereocenters. The Kier molecular flexibility index (Phi) is 4.55. The summed E-state index contributed by atoms with van der Waals surface area (Å²) in [6.07, 6.45) is 3.30. The molecule has 0 bridgehead atoms. The second-order valence-corrected chi connectivity index (χ2v) is 4.25. The van der Waals surface area contributed by atoms with Gasteiger partial charge in [0.05, 0.1) is 0 Å². The molecule has 1 heterocycles. The lowest BCUT2D eigenvalue weighted by Gasteiger charge is -2.16. The van der Waals surface area contributed by atoms with Crippen LogP contribution in [-0.2, 0) is 6.42 Å². The summed E-state index contributed by atoms with van der Waals surface area (Å²) in [7, 11) is 0. The number of hydrogen-bond donors (Lipinski definition) is 2. The maximum Gasteiger partial charge on any atom is 0.281 e. The number of nitrogens with zero attached hydrogens (tertiary/aromatic N) is 1. The van der Waals surface area contributed by atoms with Crippen LogP contribution >= 0.6 is 0 Å². The molecule has 1 aromatic heterocycles. The fraction of sp³-hybridized carbons (Fsp3) is 0.583. The Hall–Kier alpha value is -1.29. The Morgan fingerprint density at radius 2 is 2.19 bits per heavy atom. The molecule has 0 spiro atoms. The molecule has 0 aliphatic rings. The molecule has 16 heavy (non-hydrogen) atoms. The average molecular weight is 223 g/mol. The minimum atomic E-state index is -0.226. The summed E-state index contributed by atoms with van der Waals surface area (Å²) in [4.78, 5) is 11.6. The molecular formula is C12H21N3O. The Morgan fingerprint density at radius 3 is 2.69 bits per heavy atom. The van der Waals surface area contributed by atoms with Crippen LogP contribution in [0.25, 0.3) is 0 Å². The second kappa shape index (κ2) is 5.70. The minimum absolute atomic E-state index is 0.226. The molecule has 1 rings (SSSR count). The number of nitrogens with two attached hydrogens (primary N) is 1. The summed E-state index contributed by atoms with van der Waals surface area (Å²) in [5.41, 5.74) is 4.03. The molecule has 0 aliphatic carbocycles. The van der Waals surface area contributed by atoms with E-state index >= 15 is 0 Å². The summed E-state index contributed by atoms with van der Waals surface area (Å²) < 4.78 is 2.05. The van der Waals surface area contributed by atoms with Crippen LogP contribution in [0.2, 0.25) is 0 Å². The van der Waals surface area contributed by atoms with Crippen molar-refractivity contribution in [1.29, 1.82) is 0 Å². The van der Waals surface area contributed by atoms with E-state index < -0.39 is 0 Å². The molecular weight excluding hydrogens is 202 g/mol. The lowest BCUT2D eigenvalue weighted by Crippen LogP contribution is -2.32. The van der Waals surface area contributed by atoms with Gasteiger partial charge in [-0.25, -0.2) is 5.84 Å². The van der Waals surface area contributed by atoms with Crippen molar-refractivity contribution in [3.05, 3.63) is 23.5 Å². The third-order valence-electron chi connectivity index (χ3n) is 2.67. The first kappa shape index (κ1) is 12.8. The fourth-order valence-corrected chi connectivity index (χ4v) is 1.92. The monoisotopic (exact) mass is 223 g/mol. The van der Waals surface area contributed by atoms with Gasteiger partial charge in [0.2, 0.25) is 0 Å². The lowest BCUT2D eigenvalue weighted by molar-refractivity contribution is 0.0942. The number of unbranched alkanes of at least 4 members (excludes halogenated alkanes) is 1. The van der Waals surface area contributed by atoms with E-state index in [-0.39, 0.29) is 11.9 Å². The standard InChI is InChI=1S/C12H21N3O/c1-4-5-6-10-7-8-11(12(16)14-13)15(10)9(2)3/h7-9H,4-6,13H2,1-3H3,(H,14,16). The van der Waals surface area contributed by atoms with Gasteiger partial charge in [-0.2, -0.15) is 0 Å². The Bertz CT molecular complexity index is 355. The molecule has 1 aromatic rings. The fourth-order valence-electron chi connectivity index (χ4n) is 1.92. The number of rotatable bonds is 5. The summed E-state index contributed by atoms with van der Waals surface area (Å²) in [5, 5.41) is 0. The zero-order valence-corrected chi connectivity index (χ0v) is 10.3. The molecule has 1 amide bonds. The zero-order chi connectivity index (χ0) is 12.1. The van der Waals surface area contributed by atoms with E-state index in [1.807, 2.05) is 12.1 Å². The molecule has 0 unspecified atom stereocenters. The van der Waals surface area contributed by atoms with Crippen LogP contribution in [0.4, 0.5) is 0 Å². The first-order chi connectivity index (χ1) is 7.61. The van der Waals surface area contributed by atoms with Crippen LogP contribution in [0.15, 0.2) is 12.1 Å². The van der Waals surface area contributed by atoms with E-state index in [1.54, 1.807) is 0 Å². The Balaban J connectivity index is 3.02. The number of aromatic nitrogens is 1. The van der Waals surface area contributed by atoms with Crippen molar-refractivity contribution in [3.8, 4) is 0 Å².